The van der Waals surface area contributed by atoms with Crippen LogP contribution in [0.25, 0.3) is 0 Å². The Morgan fingerprint density at radius 2 is 1.96 bits per heavy atom. The molecule has 2 aliphatic heterocycles. The summed E-state index contributed by atoms with van der Waals surface area (Å²) < 4.78 is 5.36. The van der Waals surface area contributed by atoms with E-state index in [1.807, 2.05) is 6.07 Å². The van der Waals surface area contributed by atoms with Gasteiger partial charge in [-0.2, -0.15) is 0 Å². The van der Waals surface area contributed by atoms with E-state index >= 15 is 0 Å². The number of carbonyl (C=O) groups excluding carboxylic acids is 1. The van der Waals surface area contributed by atoms with Crippen LogP contribution in [0.5, 0.6) is 0 Å². The van der Waals surface area contributed by atoms with E-state index in [1.54, 1.807) is 7.11 Å². The van der Waals surface area contributed by atoms with Gasteiger partial charge >= 0.3 is 0 Å². The number of rotatable bonds is 6. The normalized spacial score (nSPS) is 21.4. The van der Waals surface area contributed by atoms with Gasteiger partial charge in [0.15, 0.2) is 0 Å². The number of halogens is 2. The van der Waals surface area contributed by atoms with Crippen molar-refractivity contribution in [1.82, 2.24) is 10.6 Å². The summed E-state index contributed by atoms with van der Waals surface area (Å²) in [6, 6.07) is 10.5. The lowest BCUT2D eigenvalue weighted by atomic mass is 9.78. The van der Waals surface area contributed by atoms with Crippen LogP contribution in [0, 0.1) is 11.3 Å². The Kier molecular flexibility index (Phi) is 9.72. The molecule has 0 saturated carbocycles. The number of piperidine rings is 1. The molecular weight excluding hydrogens is 373 g/mol. The van der Waals surface area contributed by atoms with Gasteiger partial charge < -0.3 is 20.3 Å². The van der Waals surface area contributed by atoms with Gasteiger partial charge in [-0.3, -0.25) is 4.79 Å². The van der Waals surface area contributed by atoms with Gasteiger partial charge in [0.2, 0.25) is 5.91 Å². The maximum absolute atomic E-state index is 12.8. The Morgan fingerprint density at radius 1 is 1.27 bits per heavy atom. The smallest absolute Gasteiger partial charge is 0.228 e. The van der Waals surface area contributed by atoms with Gasteiger partial charge in [-0.15, -0.1) is 24.8 Å². The first-order valence-corrected chi connectivity index (χ1v) is 9.01. The van der Waals surface area contributed by atoms with Crippen molar-refractivity contribution in [3.8, 4) is 0 Å². The molecule has 1 aromatic carbocycles. The molecule has 1 atom stereocenters. The van der Waals surface area contributed by atoms with Crippen molar-refractivity contribution in [2.24, 2.45) is 11.3 Å². The van der Waals surface area contributed by atoms with E-state index in [9.17, 15) is 4.79 Å². The van der Waals surface area contributed by atoms with Crippen molar-refractivity contribution in [3.63, 3.8) is 0 Å². The number of hydrogen-bond donors (Lipinski definition) is 2. The van der Waals surface area contributed by atoms with E-state index in [2.05, 4.69) is 39.8 Å². The average molecular weight is 404 g/mol. The van der Waals surface area contributed by atoms with E-state index < -0.39 is 0 Å². The Labute approximate surface area is 169 Å². The predicted octanol–water partition coefficient (Wildman–Crippen LogP) is 2.49. The molecule has 5 nitrogen and oxygen atoms in total. The minimum absolute atomic E-state index is 0. The first-order valence-electron chi connectivity index (χ1n) is 9.01. The highest BCUT2D eigenvalue weighted by Gasteiger charge is 2.39. The maximum Gasteiger partial charge on any atom is 0.228 e. The molecule has 7 heteroatoms. The molecule has 2 heterocycles. The molecule has 1 unspecified atom stereocenters. The lowest BCUT2D eigenvalue weighted by Crippen LogP contribution is -2.51. The van der Waals surface area contributed by atoms with Gasteiger partial charge in [0.25, 0.3) is 0 Å². The van der Waals surface area contributed by atoms with E-state index in [-0.39, 0.29) is 36.1 Å². The van der Waals surface area contributed by atoms with Gasteiger partial charge in [-0.25, -0.2) is 0 Å². The Balaban J connectivity index is 0.00000169. The molecule has 148 valence electrons. The van der Waals surface area contributed by atoms with Crippen molar-refractivity contribution < 1.29 is 9.53 Å². The van der Waals surface area contributed by atoms with Crippen LogP contribution in [-0.4, -0.2) is 52.3 Å². The lowest BCUT2D eigenvalue weighted by molar-refractivity contribution is -0.136. The molecule has 1 aromatic rings. The molecular formula is C19H31Cl2N3O2. The van der Waals surface area contributed by atoms with Crippen LogP contribution in [-0.2, 0) is 9.53 Å². The van der Waals surface area contributed by atoms with Crippen molar-refractivity contribution in [1.29, 1.82) is 0 Å². The summed E-state index contributed by atoms with van der Waals surface area (Å²) in [6.07, 6.45) is 2.84. The van der Waals surface area contributed by atoms with Gasteiger partial charge in [-0.1, -0.05) is 18.2 Å². The zero-order valence-electron chi connectivity index (χ0n) is 15.4. The average Bonchev–Trinajstić information content (AvgIpc) is 3.10. The number of carbonyl (C=O) groups is 1. The number of hydrogen-bond acceptors (Lipinski definition) is 4. The van der Waals surface area contributed by atoms with Gasteiger partial charge in [-0.05, 0) is 50.4 Å². The fourth-order valence-corrected chi connectivity index (χ4v) is 3.92. The van der Waals surface area contributed by atoms with Crippen LogP contribution < -0.4 is 15.5 Å². The largest absolute Gasteiger partial charge is 0.384 e. The molecule has 0 aromatic heterocycles. The zero-order chi connectivity index (χ0) is 16.8. The third-order valence-corrected chi connectivity index (χ3v) is 5.42. The lowest BCUT2D eigenvalue weighted by Gasteiger charge is -2.35. The molecule has 2 N–H and O–H groups in total. The molecule has 3 rings (SSSR count). The van der Waals surface area contributed by atoms with Crippen molar-refractivity contribution in [2.45, 2.75) is 19.3 Å². The molecule has 2 fully saturated rings. The van der Waals surface area contributed by atoms with E-state index in [0.717, 1.165) is 52.0 Å². The maximum atomic E-state index is 12.8. The predicted molar refractivity (Wildman–Crippen MR) is 111 cm³/mol. The summed E-state index contributed by atoms with van der Waals surface area (Å²) in [5.74, 6) is 0.694. The Hall–Kier alpha value is -1.01. The molecule has 0 aliphatic carbocycles. The fraction of sp³-hybridized carbons (Fsp3) is 0.632. The highest BCUT2D eigenvalue weighted by molar-refractivity contribution is 5.85. The third-order valence-electron chi connectivity index (χ3n) is 5.42. The Morgan fingerprint density at radius 3 is 2.62 bits per heavy atom. The zero-order valence-corrected chi connectivity index (χ0v) is 17.0. The number of benzene rings is 1. The second kappa shape index (κ2) is 11.0. The second-order valence-electron chi connectivity index (χ2n) is 7.11. The molecule has 1 amide bonds. The summed E-state index contributed by atoms with van der Waals surface area (Å²) in [7, 11) is 1.69. The summed E-state index contributed by atoms with van der Waals surface area (Å²) in [5, 5.41) is 6.55. The Bertz CT molecular complexity index is 533. The minimum atomic E-state index is -0.349. The number of nitrogens with one attached hydrogen (secondary N) is 2. The van der Waals surface area contributed by atoms with E-state index in [4.69, 9.17) is 4.74 Å². The number of anilines is 1. The topological polar surface area (TPSA) is 53.6 Å². The number of amides is 1. The highest BCUT2D eigenvalue weighted by atomic mass is 35.5. The quantitative estimate of drug-likeness (QED) is 0.765. The minimum Gasteiger partial charge on any atom is -0.384 e. The summed E-state index contributed by atoms with van der Waals surface area (Å²) >= 11 is 0. The van der Waals surface area contributed by atoms with Crippen LogP contribution in [0.4, 0.5) is 5.69 Å². The molecule has 0 spiro atoms. The summed E-state index contributed by atoms with van der Waals surface area (Å²) in [5.41, 5.74) is 0.929. The van der Waals surface area contributed by atoms with Crippen molar-refractivity contribution >= 4 is 36.4 Å². The third kappa shape index (κ3) is 5.49. The SMILES string of the molecule is COCC1(C(=O)NCC2CCN(c3ccccc3)C2)CCNCC1.Cl.Cl. The number of para-hydroxylation sites is 1. The van der Waals surface area contributed by atoms with Crippen molar-refractivity contribution in [2.75, 3.05) is 51.3 Å². The summed E-state index contributed by atoms with van der Waals surface area (Å²) in [4.78, 5) is 15.2. The number of nitrogens with zero attached hydrogens (tertiary/aromatic N) is 1. The van der Waals surface area contributed by atoms with Crippen LogP contribution in [0.15, 0.2) is 30.3 Å². The van der Waals surface area contributed by atoms with Crippen LogP contribution >= 0.6 is 24.8 Å². The van der Waals surface area contributed by atoms with Crippen molar-refractivity contribution in [3.05, 3.63) is 30.3 Å². The van der Waals surface area contributed by atoms with E-state index in [1.165, 1.54) is 5.69 Å². The first-order chi connectivity index (χ1) is 11.7. The number of ether oxygens (including phenoxy) is 1. The van der Waals surface area contributed by atoms with Crippen LogP contribution in [0.2, 0.25) is 0 Å². The summed E-state index contributed by atoms with van der Waals surface area (Å²) in [6.45, 7) is 5.15. The van der Waals surface area contributed by atoms with Gasteiger partial charge in [0, 0.05) is 32.4 Å². The van der Waals surface area contributed by atoms with Crippen LogP contribution in [0.3, 0.4) is 0 Å². The highest BCUT2D eigenvalue weighted by Crippen LogP contribution is 2.30. The second-order valence-corrected chi connectivity index (χ2v) is 7.11. The number of methoxy groups -OCH3 is 1. The first kappa shape index (κ1) is 23.0. The monoisotopic (exact) mass is 403 g/mol. The molecule has 0 radical (unpaired) electrons. The fourth-order valence-electron chi connectivity index (χ4n) is 3.92. The molecule has 2 aliphatic rings. The molecule has 26 heavy (non-hydrogen) atoms. The van der Waals surface area contributed by atoms with E-state index in [0.29, 0.717) is 12.5 Å². The molecule has 0 bridgehead atoms. The standard InChI is InChI=1S/C19H29N3O2.2ClH/c1-24-15-19(8-10-20-11-9-19)18(23)21-13-16-7-12-22(14-16)17-5-3-2-4-6-17;;/h2-6,16,20H,7-15H2,1H3,(H,21,23);2*1H. The van der Waals surface area contributed by atoms with Gasteiger partial charge in [0.05, 0.1) is 12.0 Å². The van der Waals surface area contributed by atoms with Gasteiger partial charge in [0.1, 0.15) is 0 Å². The molecule has 2 saturated heterocycles. The van der Waals surface area contributed by atoms with Crippen LogP contribution in [0.1, 0.15) is 19.3 Å².